The number of carbonyl (C=O) groups is 2. The third-order valence-corrected chi connectivity index (χ3v) is 5.37. The zero-order valence-electron chi connectivity index (χ0n) is 13.5. The van der Waals surface area contributed by atoms with Gasteiger partial charge < -0.3 is 16.0 Å². The van der Waals surface area contributed by atoms with Crippen LogP contribution < -0.4 is 11.1 Å². The van der Waals surface area contributed by atoms with E-state index in [4.69, 9.17) is 5.73 Å². The Balaban J connectivity index is 1.52. The van der Waals surface area contributed by atoms with Crippen LogP contribution >= 0.6 is 23.1 Å². The van der Waals surface area contributed by atoms with Crippen LogP contribution in [0.3, 0.4) is 0 Å². The number of thiazole rings is 1. The Kier molecular flexibility index (Phi) is 5.34. The largest absolute Gasteiger partial charge is 0.369 e. The van der Waals surface area contributed by atoms with Gasteiger partial charge in [0.15, 0.2) is 5.13 Å². The Labute approximate surface area is 152 Å². The monoisotopic (exact) mass is 375 g/mol. The van der Waals surface area contributed by atoms with Crippen molar-refractivity contribution in [3.8, 4) is 0 Å². The number of benzene rings is 1. The van der Waals surface area contributed by atoms with Gasteiger partial charge in [-0.05, 0) is 19.1 Å². The molecule has 2 heterocycles. The van der Waals surface area contributed by atoms with Crippen molar-refractivity contribution in [1.82, 2.24) is 15.0 Å². The second-order valence-electron chi connectivity index (χ2n) is 5.43. The van der Waals surface area contributed by atoms with Gasteiger partial charge in [-0.25, -0.2) is 9.97 Å². The number of primary amides is 1. The van der Waals surface area contributed by atoms with Crippen molar-refractivity contribution in [1.29, 1.82) is 0 Å². The summed E-state index contributed by atoms with van der Waals surface area (Å²) in [6.45, 7) is 2.00. The molecule has 0 aliphatic heterocycles. The van der Waals surface area contributed by atoms with E-state index in [1.165, 1.54) is 23.1 Å². The number of hydrogen-bond donors (Lipinski definition) is 3. The third-order valence-electron chi connectivity index (χ3n) is 3.41. The first-order valence-electron chi connectivity index (χ1n) is 7.60. The molecule has 0 radical (unpaired) electrons. The van der Waals surface area contributed by atoms with Crippen molar-refractivity contribution in [3.05, 3.63) is 41.2 Å². The number of nitrogens with zero attached hydrogens (tertiary/aromatic N) is 2. The number of amides is 2. The van der Waals surface area contributed by atoms with E-state index in [1.807, 2.05) is 31.2 Å². The molecule has 0 saturated carbocycles. The van der Waals surface area contributed by atoms with E-state index < -0.39 is 5.91 Å². The Morgan fingerprint density at radius 3 is 2.92 bits per heavy atom. The molecule has 130 valence electrons. The van der Waals surface area contributed by atoms with Gasteiger partial charge in [0.25, 0.3) is 0 Å². The molecule has 3 aromatic rings. The van der Waals surface area contributed by atoms with E-state index in [0.29, 0.717) is 10.8 Å². The quantitative estimate of drug-likeness (QED) is 0.587. The highest BCUT2D eigenvalue weighted by Gasteiger charge is 2.14. The number of fused-ring (bicyclic) bond motifs is 1. The van der Waals surface area contributed by atoms with Crippen LogP contribution in [-0.2, 0) is 16.0 Å². The van der Waals surface area contributed by atoms with Crippen LogP contribution in [0.25, 0.3) is 11.0 Å². The number of anilines is 1. The van der Waals surface area contributed by atoms with Crippen molar-refractivity contribution in [2.24, 2.45) is 5.73 Å². The number of carbonyl (C=O) groups excluding carboxylic acids is 2. The zero-order chi connectivity index (χ0) is 17.8. The van der Waals surface area contributed by atoms with Gasteiger partial charge in [0.2, 0.25) is 11.8 Å². The summed E-state index contributed by atoms with van der Waals surface area (Å²) in [7, 11) is 0. The highest BCUT2D eigenvalue weighted by molar-refractivity contribution is 8.00. The van der Waals surface area contributed by atoms with E-state index >= 15 is 0 Å². The van der Waals surface area contributed by atoms with Gasteiger partial charge in [0, 0.05) is 5.38 Å². The van der Waals surface area contributed by atoms with Crippen molar-refractivity contribution >= 4 is 51.1 Å². The maximum atomic E-state index is 12.1. The molecule has 3 rings (SSSR count). The first-order chi connectivity index (χ1) is 12.0. The normalized spacial score (nSPS) is 12.2. The number of rotatable bonds is 7. The van der Waals surface area contributed by atoms with Crippen molar-refractivity contribution in [2.75, 3.05) is 11.1 Å². The second kappa shape index (κ2) is 7.66. The number of para-hydroxylation sites is 2. The predicted octanol–water partition coefficient (Wildman–Crippen LogP) is 2.48. The number of thioether (sulfide) groups is 1. The highest BCUT2D eigenvalue weighted by Crippen LogP contribution is 2.28. The molecule has 7 nitrogen and oxygen atoms in total. The summed E-state index contributed by atoms with van der Waals surface area (Å²) in [5.41, 5.74) is 7.59. The molecule has 2 aromatic heterocycles. The molecule has 0 saturated heterocycles. The standard InChI is InChI=1S/C16H17N5O2S2/c1-9(15-19-11-4-2-3-5-12(11)20-15)24-8-14(23)21-16-18-10(7-25-16)6-13(17)22/h2-5,7,9H,6,8H2,1H3,(H2,17,22)(H,19,20)(H,18,21,23)/t9-/m1/s1. The van der Waals surface area contributed by atoms with Crippen molar-refractivity contribution < 1.29 is 9.59 Å². The van der Waals surface area contributed by atoms with E-state index in [0.717, 1.165) is 16.9 Å². The first kappa shape index (κ1) is 17.4. The molecule has 0 unspecified atom stereocenters. The van der Waals surface area contributed by atoms with Crippen LogP contribution in [0.4, 0.5) is 5.13 Å². The molecule has 0 spiro atoms. The van der Waals surface area contributed by atoms with Gasteiger partial charge in [-0.3, -0.25) is 9.59 Å². The lowest BCUT2D eigenvalue weighted by molar-refractivity contribution is -0.117. The number of nitrogens with one attached hydrogen (secondary N) is 2. The van der Waals surface area contributed by atoms with Gasteiger partial charge in [-0.2, -0.15) is 0 Å². The van der Waals surface area contributed by atoms with Crippen LogP contribution in [0.5, 0.6) is 0 Å². The van der Waals surface area contributed by atoms with Gasteiger partial charge in [-0.1, -0.05) is 12.1 Å². The lowest BCUT2D eigenvalue weighted by Gasteiger charge is -2.07. The molecule has 0 aliphatic carbocycles. The second-order valence-corrected chi connectivity index (χ2v) is 7.61. The van der Waals surface area contributed by atoms with Gasteiger partial charge in [0.1, 0.15) is 5.82 Å². The maximum Gasteiger partial charge on any atom is 0.236 e. The van der Waals surface area contributed by atoms with Gasteiger partial charge in [0.05, 0.1) is 34.2 Å². The van der Waals surface area contributed by atoms with Gasteiger partial charge >= 0.3 is 0 Å². The average Bonchev–Trinajstić information content (AvgIpc) is 3.18. The number of aromatic amines is 1. The Bertz CT molecular complexity index is 872. The summed E-state index contributed by atoms with van der Waals surface area (Å²) in [6.07, 6.45) is 0.0736. The summed E-state index contributed by atoms with van der Waals surface area (Å²) in [5, 5.41) is 4.97. The Morgan fingerprint density at radius 1 is 1.36 bits per heavy atom. The van der Waals surface area contributed by atoms with E-state index in [-0.39, 0.29) is 23.3 Å². The number of nitrogens with two attached hydrogens (primary N) is 1. The van der Waals surface area contributed by atoms with Crippen LogP contribution in [0.2, 0.25) is 0 Å². The SMILES string of the molecule is C[C@@H](SCC(=O)Nc1nc(CC(N)=O)cs1)c1nc2ccccc2[nH]1. The fraction of sp³-hybridized carbons (Fsp3) is 0.250. The molecular formula is C16H17N5O2S2. The summed E-state index contributed by atoms with van der Waals surface area (Å²) < 4.78 is 0. The molecular weight excluding hydrogens is 358 g/mol. The summed E-state index contributed by atoms with van der Waals surface area (Å²) in [4.78, 5) is 34.9. The van der Waals surface area contributed by atoms with E-state index in [1.54, 1.807) is 5.38 Å². The summed E-state index contributed by atoms with van der Waals surface area (Å²) in [5.74, 6) is 0.534. The van der Waals surface area contributed by atoms with Crippen molar-refractivity contribution in [3.63, 3.8) is 0 Å². The number of imidazole rings is 1. The molecule has 1 aromatic carbocycles. The molecule has 1 atom stereocenters. The Morgan fingerprint density at radius 2 is 2.16 bits per heavy atom. The van der Waals surface area contributed by atoms with Crippen LogP contribution in [0.15, 0.2) is 29.6 Å². The molecule has 9 heteroatoms. The predicted molar refractivity (Wildman–Crippen MR) is 101 cm³/mol. The maximum absolute atomic E-state index is 12.1. The fourth-order valence-corrected chi connectivity index (χ4v) is 3.69. The van der Waals surface area contributed by atoms with Crippen molar-refractivity contribution in [2.45, 2.75) is 18.6 Å². The Hall–Kier alpha value is -2.39. The van der Waals surface area contributed by atoms with Crippen LogP contribution in [-0.4, -0.2) is 32.5 Å². The van der Waals surface area contributed by atoms with E-state index in [2.05, 4.69) is 20.3 Å². The summed E-state index contributed by atoms with van der Waals surface area (Å²) >= 11 is 2.76. The third kappa shape index (κ3) is 4.58. The highest BCUT2D eigenvalue weighted by atomic mass is 32.2. The minimum atomic E-state index is -0.446. The van der Waals surface area contributed by atoms with Gasteiger partial charge in [-0.15, -0.1) is 23.1 Å². The minimum Gasteiger partial charge on any atom is -0.369 e. The topological polar surface area (TPSA) is 114 Å². The molecule has 0 aliphatic rings. The minimum absolute atomic E-state index is 0.0554. The van der Waals surface area contributed by atoms with Crippen LogP contribution in [0.1, 0.15) is 23.7 Å². The lowest BCUT2D eigenvalue weighted by atomic mass is 10.3. The number of H-pyrrole nitrogens is 1. The lowest BCUT2D eigenvalue weighted by Crippen LogP contribution is -2.16. The first-order valence-corrected chi connectivity index (χ1v) is 9.53. The molecule has 25 heavy (non-hydrogen) atoms. The van der Waals surface area contributed by atoms with E-state index in [9.17, 15) is 9.59 Å². The molecule has 4 N–H and O–H groups in total. The van der Waals surface area contributed by atoms with Crippen LogP contribution in [0, 0.1) is 0 Å². The zero-order valence-corrected chi connectivity index (χ0v) is 15.1. The summed E-state index contributed by atoms with van der Waals surface area (Å²) in [6, 6.07) is 7.82. The number of aromatic nitrogens is 3. The molecule has 2 amide bonds. The molecule has 0 bridgehead atoms. The fourth-order valence-electron chi connectivity index (χ4n) is 2.22. The average molecular weight is 375 g/mol. The molecule has 0 fully saturated rings. The smallest absolute Gasteiger partial charge is 0.236 e. The number of hydrogen-bond acceptors (Lipinski definition) is 6.